The maximum Gasteiger partial charge on any atom is 0.235 e. The summed E-state index contributed by atoms with van der Waals surface area (Å²) in [6, 6.07) is 3.63. The van der Waals surface area contributed by atoms with Crippen molar-refractivity contribution < 1.29 is 0 Å². The first-order valence-electron chi connectivity index (χ1n) is 3.52. The Kier molecular flexibility index (Phi) is 1.31. The molecule has 0 bridgehead atoms. The zero-order valence-corrected chi connectivity index (χ0v) is 6.52. The zero-order valence-electron chi connectivity index (χ0n) is 6.52. The lowest BCUT2D eigenvalue weighted by molar-refractivity contribution is 1.05. The van der Waals surface area contributed by atoms with Gasteiger partial charge in [0.25, 0.3) is 0 Å². The third kappa shape index (κ3) is 0.839. The minimum absolute atomic E-state index is 0.396. The predicted molar refractivity (Wildman–Crippen MR) is 42.4 cm³/mol. The van der Waals surface area contributed by atoms with Crippen molar-refractivity contribution in [2.75, 3.05) is 0 Å². The van der Waals surface area contributed by atoms with E-state index in [9.17, 15) is 0 Å². The summed E-state index contributed by atoms with van der Waals surface area (Å²) >= 11 is 0. The van der Waals surface area contributed by atoms with Crippen molar-refractivity contribution in [1.29, 1.82) is 5.26 Å². The lowest BCUT2D eigenvalue weighted by Gasteiger charge is -1.93. The van der Waals surface area contributed by atoms with Crippen LogP contribution in [0, 0.1) is 18.3 Å². The van der Waals surface area contributed by atoms with Gasteiger partial charge in [-0.05, 0) is 13.0 Å². The third-order valence-electron chi connectivity index (χ3n) is 1.68. The lowest BCUT2D eigenvalue weighted by Crippen LogP contribution is -1.91. The molecule has 0 unspecified atom stereocenters. The van der Waals surface area contributed by atoms with E-state index in [1.54, 1.807) is 18.5 Å². The van der Waals surface area contributed by atoms with Crippen molar-refractivity contribution in [3.8, 4) is 6.07 Å². The number of fused-ring (bicyclic) bond motifs is 1. The summed E-state index contributed by atoms with van der Waals surface area (Å²) in [5, 5.41) is 8.55. The van der Waals surface area contributed by atoms with Crippen molar-refractivity contribution in [2.45, 2.75) is 6.92 Å². The van der Waals surface area contributed by atoms with Gasteiger partial charge in [0.1, 0.15) is 11.8 Å². The summed E-state index contributed by atoms with van der Waals surface area (Å²) in [6.07, 6.45) is 3.52. The van der Waals surface area contributed by atoms with E-state index in [1.807, 2.05) is 17.4 Å². The molecule has 0 aliphatic heterocycles. The van der Waals surface area contributed by atoms with E-state index in [-0.39, 0.29) is 0 Å². The highest BCUT2D eigenvalue weighted by atomic mass is 15.1. The standard InChI is InChI=1S/C8H6N4/c1-6-5-10-8-11-7(4-9)2-3-12(6)8/h2-3,5H,1H3. The Morgan fingerprint density at radius 2 is 2.42 bits per heavy atom. The predicted octanol–water partition coefficient (Wildman–Crippen LogP) is 0.909. The van der Waals surface area contributed by atoms with E-state index in [1.165, 1.54) is 0 Å². The molecule has 0 aliphatic rings. The molecule has 2 rings (SSSR count). The molecule has 0 radical (unpaired) electrons. The minimum Gasteiger partial charge on any atom is -0.288 e. The number of imidazole rings is 1. The summed E-state index contributed by atoms with van der Waals surface area (Å²) in [5.74, 6) is 0.576. The van der Waals surface area contributed by atoms with Gasteiger partial charge in [-0.1, -0.05) is 0 Å². The first kappa shape index (κ1) is 6.80. The molecule has 0 amide bonds. The van der Waals surface area contributed by atoms with Crippen LogP contribution >= 0.6 is 0 Å². The van der Waals surface area contributed by atoms with Gasteiger partial charge in [0.05, 0.1) is 6.20 Å². The fourth-order valence-electron chi connectivity index (χ4n) is 1.05. The fourth-order valence-corrected chi connectivity index (χ4v) is 1.05. The van der Waals surface area contributed by atoms with Gasteiger partial charge in [0.2, 0.25) is 5.78 Å². The molecule has 0 atom stereocenters. The fraction of sp³-hybridized carbons (Fsp3) is 0.125. The topological polar surface area (TPSA) is 54.0 Å². The number of aryl methyl sites for hydroxylation is 1. The van der Waals surface area contributed by atoms with Gasteiger partial charge in [-0.25, -0.2) is 9.97 Å². The molecular weight excluding hydrogens is 152 g/mol. The molecule has 12 heavy (non-hydrogen) atoms. The second-order valence-electron chi connectivity index (χ2n) is 2.49. The van der Waals surface area contributed by atoms with Crippen LogP contribution in [0.5, 0.6) is 0 Å². The lowest BCUT2D eigenvalue weighted by atomic mass is 10.4. The van der Waals surface area contributed by atoms with Crippen LogP contribution in [0.4, 0.5) is 0 Å². The summed E-state index contributed by atoms with van der Waals surface area (Å²) in [6.45, 7) is 1.94. The highest BCUT2D eigenvalue weighted by Crippen LogP contribution is 2.03. The summed E-state index contributed by atoms with van der Waals surface area (Å²) in [4.78, 5) is 8.03. The SMILES string of the molecule is Cc1cnc2nc(C#N)ccn12. The number of nitrogens with zero attached hydrogens (tertiary/aromatic N) is 4. The monoisotopic (exact) mass is 158 g/mol. The number of rotatable bonds is 0. The van der Waals surface area contributed by atoms with Gasteiger partial charge in [0, 0.05) is 11.9 Å². The maximum atomic E-state index is 8.55. The van der Waals surface area contributed by atoms with Crippen LogP contribution in [0.25, 0.3) is 5.78 Å². The highest BCUT2D eigenvalue weighted by Gasteiger charge is 1.99. The van der Waals surface area contributed by atoms with Gasteiger partial charge >= 0.3 is 0 Å². The van der Waals surface area contributed by atoms with E-state index in [0.717, 1.165) is 5.69 Å². The van der Waals surface area contributed by atoms with Gasteiger partial charge in [-0.3, -0.25) is 4.40 Å². The van der Waals surface area contributed by atoms with Crippen LogP contribution < -0.4 is 0 Å². The van der Waals surface area contributed by atoms with Crippen LogP contribution in [0.1, 0.15) is 11.4 Å². The second kappa shape index (κ2) is 2.31. The zero-order chi connectivity index (χ0) is 8.55. The quantitative estimate of drug-likeness (QED) is 0.572. The Morgan fingerprint density at radius 3 is 3.17 bits per heavy atom. The Balaban J connectivity index is 2.80. The van der Waals surface area contributed by atoms with Crippen molar-refractivity contribution in [3.05, 3.63) is 29.8 Å². The molecule has 0 aromatic carbocycles. The molecule has 2 heterocycles. The van der Waals surface area contributed by atoms with Crippen molar-refractivity contribution in [1.82, 2.24) is 14.4 Å². The van der Waals surface area contributed by atoms with Gasteiger partial charge in [0.15, 0.2) is 0 Å². The number of nitriles is 1. The van der Waals surface area contributed by atoms with Crippen LogP contribution in [-0.4, -0.2) is 14.4 Å². The average Bonchev–Trinajstić information content (AvgIpc) is 2.47. The smallest absolute Gasteiger partial charge is 0.235 e. The van der Waals surface area contributed by atoms with E-state index < -0.39 is 0 Å². The van der Waals surface area contributed by atoms with Crippen LogP contribution in [0.15, 0.2) is 18.5 Å². The number of hydrogen-bond donors (Lipinski definition) is 0. The Morgan fingerprint density at radius 1 is 1.58 bits per heavy atom. The normalized spacial score (nSPS) is 10.0. The van der Waals surface area contributed by atoms with E-state index in [2.05, 4.69) is 9.97 Å². The number of hydrogen-bond acceptors (Lipinski definition) is 3. The van der Waals surface area contributed by atoms with Crippen molar-refractivity contribution in [3.63, 3.8) is 0 Å². The largest absolute Gasteiger partial charge is 0.288 e. The summed E-state index contributed by atoms with van der Waals surface area (Å²) in [5.41, 5.74) is 1.41. The molecule has 0 fully saturated rings. The first-order valence-corrected chi connectivity index (χ1v) is 3.52. The van der Waals surface area contributed by atoms with Crippen molar-refractivity contribution >= 4 is 5.78 Å². The number of aromatic nitrogens is 3. The Labute approximate surface area is 69.1 Å². The molecule has 58 valence electrons. The maximum absolute atomic E-state index is 8.55. The van der Waals surface area contributed by atoms with Crippen molar-refractivity contribution in [2.24, 2.45) is 0 Å². The molecule has 2 aromatic rings. The third-order valence-corrected chi connectivity index (χ3v) is 1.68. The molecule has 0 aliphatic carbocycles. The average molecular weight is 158 g/mol. The molecule has 4 heteroatoms. The van der Waals surface area contributed by atoms with Gasteiger partial charge in [-0.15, -0.1) is 0 Å². The molecule has 0 spiro atoms. The first-order chi connectivity index (χ1) is 5.81. The Bertz CT molecular complexity index is 463. The Hall–Kier alpha value is -1.89. The molecule has 0 saturated carbocycles. The summed E-state index contributed by atoms with van der Waals surface area (Å²) < 4.78 is 1.83. The van der Waals surface area contributed by atoms with Crippen LogP contribution in [0.3, 0.4) is 0 Å². The van der Waals surface area contributed by atoms with Crippen LogP contribution in [-0.2, 0) is 0 Å². The molecule has 4 nitrogen and oxygen atoms in total. The van der Waals surface area contributed by atoms with E-state index in [4.69, 9.17) is 5.26 Å². The van der Waals surface area contributed by atoms with Gasteiger partial charge < -0.3 is 0 Å². The van der Waals surface area contributed by atoms with Gasteiger partial charge in [-0.2, -0.15) is 5.26 Å². The second-order valence-corrected chi connectivity index (χ2v) is 2.49. The van der Waals surface area contributed by atoms with E-state index >= 15 is 0 Å². The molecule has 0 N–H and O–H groups in total. The minimum atomic E-state index is 0.396. The molecule has 2 aromatic heterocycles. The highest BCUT2D eigenvalue weighted by molar-refractivity contribution is 5.35. The van der Waals surface area contributed by atoms with Crippen LogP contribution in [0.2, 0.25) is 0 Å². The molecule has 0 saturated heterocycles. The molecular formula is C8H6N4. The van der Waals surface area contributed by atoms with E-state index in [0.29, 0.717) is 11.5 Å². The summed E-state index contributed by atoms with van der Waals surface area (Å²) in [7, 11) is 0.